The predicted molar refractivity (Wildman–Crippen MR) is 72.8 cm³/mol. The fourth-order valence-corrected chi connectivity index (χ4v) is 1.98. The van der Waals surface area contributed by atoms with Gasteiger partial charge in [0.25, 0.3) is 0 Å². The number of ether oxygens (including phenoxy) is 2. The number of rotatable bonds is 5. The van der Waals surface area contributed by atoms with Gasteiger partial charge in [-0.3, -0.25) is 4.99 Å². The third-order valence-electron chi connectivity index (χ3n) is 2.74. The van der Waals surface area contributed by atoms with Crippen LogP contribution in [0.1, 0.15) is 19.4 Å². The summed E-state index contributed by atoms with van der Waals surface area (Å²) in [7, 11) is 1.66. The van der Waals surface area contributed by atoms with Crippen LogP contribution in [0.2, 0.25) is 0 Å². The SMILES string of the molecule is COc1cccc(CC2=NCCN2)c1OC(C)C. The minimum Gasteiger partial charge on any atom is -0.493 e. The van der Waals surface area contributed by atoms with Gasteiger partial charge >= 0.3 is 0 Å². The second-order valence-electron chi connectivity index (χ2n) is 4.55. The van der Waals surface area contributed by atoms with Crippen LogP contribution < -0.4 is 14.8 Å². The molecule has 4 nitrogen and oxygen atoms in total. The van der Waals surface area contributed by atoms with E-state index in [4.69, 9.17) is 9.47 Å². The molecule has 0 saturated carbocycles. The summed E-state index contributed by atoms with van der Waals surface area (Å²) in [6, 6.07) is 5.96. The van der Waals surface area contributed by atoms with Crippen LogP contribution in [0, 0.1) is 0 Å². The van der Waals surface area contributed by atoms with Crippen LogP contribution in [0.5, 0.6) is 11.5 Å². The Bertz CT molecular complexity index is 441. The van der Waals surface area contributed by atoms with Gasteiger partial charge in [0, 0.05) is 18.5 Å². The summed E-state index contributed by atoms with van der Waals surface area (Å²) in [5, 5.41) is 3.28. The smallest absolute Gasteiger partial charge is 0.165 e. The molecular formula is C14H20N2O2. The molecule has 18 heavy (non-hydrogen) atoms. The first-order chi connectivity index (χ1) is 8.70. The topological polar surface area (TPSA) is 42.8 Å². The van der Waals surface area contributed by atoms with Gasteiger partial charge in [-0.15, -0.1) is 0 Å². The average Bonchev–Trinajstić information content (AvgIpc) is 2.83. The van der Waals surface area contributed by atoms with E-state index in [0.717, 1.165) is 42.4 Å². The van der Waals surface area contributed by atoms with Crippen LogP contribution >= 0.6 is 0 Å². The van der Waals surface area contributed by atoms with Crippen LogP contribution in [0.4, 0.5) is 0 Å². The average molecular weight is 248 g/mol. The van der Waals surface area contributed by atoms with Crippen LogP contribution in [0.25, 0.3) is 0 Å². The molecule has 1 heterocycles. The van der Waals surface area contributed by atoms with Crippen molar-refractivity contribution in [2.24, 2.45) is 4.99 Å². The van der Waals surface area contributed by atoms with Crippen molar-refractivity contribution in [1.82, 2.24) is 5.32 Å². The molecule has 0 spiro atoms. The van der Waals surface area contributed by atoms with Crippen LogP contribution in [0.15, 0.2) is 23.2 Å². The lowest BCUT2D eigenvalue weighted by Gasteiger charge is -2.17. The van der Waals surface area contributed by atoms with Gasteiger partial charge in [0.05, 0.1) is 19.8 Å². The van der Waals surface area contributed by atoms with E-state index in [1.807, 2.05) is 26.0 Å². The first kappa shape index (κ1) is 12.7. The molecule has 0 atom stereocenters. The Hall–Kier alpha value is -1.71. The number of para-hydroxylation sites is 1. The van der Waals surface area contributed by atoms with Gasteiger partial charge in [-0.2, -0.15) is 0 Å². The van der Waals surface area contributed by atoms with Crippen molar-refractivity contribution in [3.63, 3.8) is 0 Å². The molecule has 0 bridgehead atoms. The van der Waals surface area contributed by atoms with Gasteiger partial charge in [-0.25, -0.2) is 0 Å². The molecule has 1 aliphatic rings. The quantitative estimate of drug-likeness (QED) is 0.867. The Kier molecular flexibility index (Phi) is 4.07. The zero-order chi connectivity index (χ0) is 13.0. The number of amidine groups is 1. The Morgan fingerprint density at radius 2 is 2.22 bits per heavy atom. The van der Waals surface area contributed by atoms with Crippen molar-refractivity contribution in [2.75, 3.05) is 20.2 Å². The molecule has 1 aromatic rings. The molecule has 2 rings (SSSR count). The van der Waals surface area contributed by atoms with E-state index in [1.54, 1.807) is 7.11 Å². The highest BCUT2D eigenvalue weighted by atomic mass is 16.5. The molecule has 0 saturated heterocycles. The van der Waals surface area contributed by atoms with E-state index in [1.165, 1.54) is 0 Å². The summed E-state index contributed by atoms with van der Waals surface area (Å²) in [5.41, 5.74) is 1.11. The van der Waals surface area contributed by atoms with Crippen molar-refractivity contribution < 1.29 is 9.47 Å². The molecule has 4 heteroatoms. The molecule has 1 aromatic carbocycles. The van der Waals surface area contributed by atoms with Gasteiger partial charge in [-0.05, 0) is 19.9 Å². The molecule has 0 radical (unpaired) electrons. The van der Waals surface area contributed by atoms with Crippen molar-refractivity contribution in [3.8, 4) is 11.5 Å². The fraction of sp³-hybridized carbons (Fsp3) is 0.500. The second kappa shape index (κ2) is 5.76. The lowest BCUT2D eigenvalue weighted by atomic mass is 10.1. The van der Waals surface area contributed by atoms with Gasteiger partial charge in [0.15, 0.2) is 11.5 Å². The summed E-state index contributed by atoms with van der Waals surface area (Å²) >= 11 is 0. The van der Waals surface area contributed by atoms with Crippen LogP contribution in [0.3, 0.4) is 0 Å². The van der Waals surface area contributed by atoms with Gasteiger partial charge in [0.1, 0.15) is 5.84 Å². The zero-order valence-electron chi connectivity index (χ0n) is 11.2. The zero-order valence-corrected chi connectivity index (χ0v) is 11.2. The number of benzene rings is 1. The molecular weight excluding hydrogens is 228 g/mol. The Balaban J connectivity index is 2.26. The minimum absolute atomic E-state index is 0.124. The molecule has 0 fully saturated rings. The highest BCUT2D eigenvalue weighted by Gasteiger charge is 2.15. The second-order valence-corrected chi connectivity index (χ2v) is 4.55. The number of hydrogen-bond acceptors (Lipinski definition) is 4. The summed E-state index contributed by atoms with van der Waals surface area (Å²) in [6.45, 7) is 5.82. The first-order valence-electron chi connectivity index (χ1n) is 6.30. The van der Waals surface area contributed by atoms with E-state index in [9.17, 15) is 0 Å². The first-order valence-corrected chi connectivity index (χ1v) is 6.30. The van der Waals surface area contributed by atoms with Gasteiger partial charge in [0.2, 0.25) is 0 Å². The number of methoxy groups -OCH3 is 1. The van der Waals surface area contributed by atoms with Crippen molar-refractivity contribution in [2.45, 2.75) is 26.4 Å². The summed E-state index contributed by atoms with van der Waals surface area (Å²) in [6.07, 6.45) is 0.887. The molecule has 0 amide bonds. The largest absolute Gasteiger partial charge is 0.493 e. The number of hydrogen-bond donors (Lipinski definition) is 1. The molecule has 98 valence electrons. The predicted octanol–water partition coefficient (Wildman–Crippen LogP) is 2.03. The fourth-order valence-electron chi connectivity index (χ4n) is 1.98. The Labute approximate surface area is 108 Å². The molecule has 0 aromatic heterocycles. The molecule has 0 aliphatic carbocycles. The molecule has 0 unspecified atom stereocenters. The highest BCUT2D eigenvalue weighted by Crippen LogP contribution is 2.32. The van der Waals surface area contributed by atoms with Crippen LogP contribution in [-0.4, -0.2) is 32.1 Å². The van der Waals surface area contributed by atoms with E-state index < -0.39 is 0 Å². The lowest BCUT2D eigenvalue weighted by molar-refractivity contribution is 0.228. The maximum Gasteiger partial charge on any atom is 0.165 e. The highest BCUT2D eigenvalue weighted by molar-refractivity contribution is 5.86. The van der Waals surface area contributed by atoms with E-state index >= 15 is 0 Å². The molecule has 1 aliphatic heterocycles. The maximum absolute atomic E-state index is 5.87. The number of nitrogens with zero attached hydrogens (tertiary/aromatic N) is 1. The summed E-state index contributed by atoms with van der Waals surface area (Å²) in [4.78, 5) is 4.42. The number of nitrogens with one attached hydrogen (secondary N) is 1. The van der Waals surface area contributed by atoms with E-state index in [2.05, 4.69) is 16.4 Å². The van der Waals surface area contributed by atoms with Crippen molar-refractivity contribution in [3.05, 3.63) is 23.8 Å². The third-order valence-corrected chi connectivity index (χ3v) is 2.74. The van der Waals surface area contributed by atoms with Crippen molar-refractivity contribution >= 4 is 5.84 Å². The Morgan fingerprint density at radius 1 is 1.39 bits per heavy atom. The molecule has 1 N–H and O–H groups in total. The third kappa shape index (κ3) is 2.94. The number of aliphatic imine (C=N–C) groups is 1. The monoisotopic (exact) mass is 248 g/mol. The standard InChI is InChI=1S/C14H20N2O2/c1-10(2)18-14-11(5-4-6-12(14)17-3)9-13-15-7-8-16-13/h4-6,10H,7-9H2,1-3H3,(H,15,16). The normalized spacial score (nSPS) is 14.3. The summed E-state index contributed by atoms with van der Waals surface area (Å²) < 4.78 is 11.2. The van der Waals surface area contributed by atoms with E-state index in [0.29, 0.717) is 0 Å². The van der Waals surface area contributed by atoms with Gasteiger partial charge < -0.3 is 14.8 Å². The lowest BCUT2D eigenvalue weighted by Crippen LogP contribution is -2.21. The van der Waals surface area contributed by atoms with E-state index in [-0.39, 0.29) is 6.10 Å². The van der Waals surface area contributed by atoms with Gasteiger partial charge in [-0.1, -0.05) is 12.1 Å². The Morgan fingerprint density at radius 3 is 2.83 bits per heavy atom. The van der Waals surface area contributed by atoms with Crippen molar-refractivity contribution in [1.29, 1.82) is 0 Å². The summed E-state index contributed by atoms with van der Waals surface area (Å²) in [5.74, 6) is 2.63. The van der Waals surface area contributed by atoms with Crippen LogP contribution in [-0.2, 0) is 6.42 Å². The maximum atomic E-state index is 5.87. The minimum atomic E-state index is 0.124.